The number of aromatic nitrogens is 2. The highest BCUT2D eigenvalue weighted by atomic mass is 35.5. The highest BCUT2D eigenvalue weighted by Gasteiger charge is 2.64. The number of halogens is 1. The van der Waals surface area contributed by atoms with Crippen molar-refractivity contribution in [3.8, 4) is 5.75 Å². The lowest BCUT2D eigenvalue weighted by atomic mass is 9.49. The van der Waals surface area contributed by atoms with Crippen molar-refractivity contribution in [1.82, 2.24) is 15.3 Å². The van der Waals surface area contributed by atoms with E-state index in [0.717, 1.165) is 37.9 Å². The van der Waals surface area contributed by atoms with Crippen LogP contribution in [0, 0.1) is 16.7 Å². The van der Waals surface area contributed by atoms with E-state index in [1.165, 1.54) is 0 Å². The first-order valence-electron chi connectivity index (χ1n) is 12.0. The summed E-state index contributed by atoms with van der Waals surface area (Å²) < 4.78 is 6.36. The molecule has 1 aromatic heterocycles. The van der Waals surface area contributed by atoms with Crippen molar-refractivity contribution >= 4 is 35.4 Å². The zero-order chi connectivity index (χ0) is 25.4. The van der Waals surface area contributed by atoms with Crippen LogP contribution in [0.1, 0.15) is 50.9 Å². The molecule has 1 aromatic carbocycles. The first-order chi connectivity index (χ1) is 16.6. The molecule has 1 aliphatic carbocycles. The van der Waals surface area contributed by atoms with E-state index >= 15 is 0 Å². The van der Waals surface area contributed by atoms with Gasteiger partial charge in [-0.1, -0.05) is 39.3 Å². The van der Waals surface area contributed by atoms with Crippen molar-refractivity contribution < 1.29 is 14.3 Å². The van der Waals surface area contributed by atoms with Crippen LogP contribution >= 0.6 is 11.6 Å². The van der Waals surface area contributed by atoms with Crippen molar-refractivity contribution in [3.05, 3.63) is 41.2 Å². The third-order valence-electron chi connectivity index (χ3n) is 7.49. The predicted molar refractivity (Wildman–Crippen MR) is 137 cm³/mol. The third-order valence-corrected chi connectivity index (χ3v) is 7.81. The van der Waals surface area contributed by atoms with Crippen LogP contribution < -0.4 is 20.3 Å². The van der Waals surface area contributed by atoms with E-state index in [1.54, 1.807) is 12.4 Å². The molecular formula is C26H34ClN5O3. The lowest BCUT2D eigenvalue weighted by Gasteiger charge is -2.63. The van der Waals surface area contributed by atoms with Gasteiger partial charge in [0.25, 0.3) is 5.91 Å². The molecule has 0 unspecified atom stereocenters. The SMILES string of the molecule is CNc1ccc(O[C@H]2C(C)(C)[C@H](NC(=O)c3cnc(N4CCC(C=O)CC4)nc3)C2(C)C)cc1Cl. The van der Waals surface area contributed by atoms with E-state index in [4.69, 9.17) is 16.3 Å². The van der Waals surface area contributed by atoms with Gasteiger partial charge in [0.1, 0.15) is 18.1 Å². The summed E-state index contributed by atoms with van der Waals surface area (Å²) >= 11 is 6.33. The fourth-order valence-electron chi connectivity index (χ4n) is 5.76. The monoisotopic (exact) mass is 499 g/mol. The Morgan fingerprint density at radius 2 is 1.77 bits per heavy atom. The molecule has 0 radical (unpaired) electrons. The van der Waals surface area contributed by atoms with Gasteiger partial charge in [0, 0.05) is 61.4 Å². The molecule has 9 heteroatoms. The standard InChI is InChI=1S/C26H34ClN5O3/c1-25(2)22(26(3,4)23(25)35-18-6-7-20(28-5)19(27)12-18)31-21(34)17-13-29-24(30-14-17)32-10-8-16(15-33)9-11-32/h6-7,12-16,22-23,28H,8-11H2,1-5H3,(H,31,34)/t22-,23-. The van der Waals surface area contributed by atoms with Gasteiger partial charge in [-0.05, 0) is 25.0 Å². The summed E-state index contributed by atoms with van der Waals surface area (Å²) in [5.74, 6) is 1.20. The second-order valence-corrected chi connectivity index (χ2v) is 11.1. The van der Waals surface area contributed by atoms with Crippen molar-refractivity contribution in [2.45, 2.75) is 52.7 Å². The summed E-state index contributed by atoms with van der Waals surface area (Å²) in [6.45, 7) is 9.87. The third kappa shape index (κ3) is 4.81. The molecule has 2 fully saturated rings. The number of carbonyl (C=O) groups is 2. The van der Waals surface area contributed by atoms with Crippen molar-refractivity contribution in [1.29, 1.82) is 0 Å². The highest BCUT2D eigenvalue weighted by molar-refractivity contribution is 6.33. The number of nitrogens with zero attached hydrogens (tertiary/aromatic N) is 3. The number of amides is 1. The Hall–Kier alpha value is -2.87. The number of hydrogen-bond acceptors (Lipinski definition) is 7. The van der Waals surface area contributed by atoms with Crippen molar-refractivity contribution in [2.24, 2.45) is 16.7 Å². The summed E-state index contributed by atoms with van der Waals surface area (Å²) in [5.41, 5.74) is 0.644. The number of aldehydes is 1. The second-order valence-electron chi connectivity index (χ2n) is 10.7. The molecular weight excluding hydrogens is 466 g/mol. The Labute approximate surface area is 211 Å². The number of hydrogen-bond donors (Lipinski definition) is 2. The van der Waals surface area contributed by atoms with Gasteiger partial charge in [-0.3, -0.25) is 4.79 Å². The molecule has 188 valence electrons. The minimum atomic E-state index is -0.308. The maximum absolute atomic E-state index is 13.1. The maximum Gasteiger partial charge on any atom is 0.254 e. The molecule has 1 aliphatic heterocycles. The van der Waals surface area contributed by atoms with Crippen LogP contribution in [0.3, 0.4) is 0 Å². The Bertz CT molecular complexity index is 1060. The average Bonchev–Trinajstić information content (AvgIpc) is 2.85. The van der Waals surface area contributed by atoms with E-state index in [2.05, 4.69) is 53.2 Å². The van der Waals surface area contributed by atoms with Crippen molar-refractivity contribution in [3.63, 3.8) is 0 Å². The minimum absolute atomic E-state index is 0.110. The van der Waals surface area contributed by atoms with Gasteiger partial charge in [0.15, 0.2) is 0 Å². The molecule has 0 spiro atoms. The molecule has 2 aliphatic rings. The van der Waals surface area contributed by atoms with Crippen LogP contribution in [0.5, 0.6) is 5.75 Å². The predicted octanol–water partition coefficient (Wildman–Crippen LogP) is 4.20. The largest absolute Gasteiger partial charge is 0.489 e. The van der Waals surface area contributed by atoms with E-state index < -0.39 is 0 Å². The van der Waals surface area contributed by atoms with Crippen LogP contribution in [0.4, 0.5) is 11.6 Å². The first-order valence-corrected chi connectivity index (χ1v) is 12.4. The number of piperidine rings is 1. The summed E-state index contributed by atoms with van der Waals surface area (Å²) in [6.07, 6.45) is 5.65. The lowest BCUT2D eigenvalue weighted by molar-refractivity contribution is -0.164. The number of carbonyl (C=O) groups excluding carboxylic acids is 2. The average molecular weight is 500 g/mol. The summed E-state index contributed by atoms with van der Waals surface area (Å²) in [4.78, 5) is 34.9. The summed E-state index contributed by atoms with van der Waals surface area (Å²) in [7, 11) is 1.82. The molecule has 4 rings (SSSR count). The smallest absolute Gasteiger partial charge is 0.254 e. The van der Waals surface area contributed by atoms with Gasteiger partial charge in [0.05, 0.1) is 16.3 Å². The number of anilines is 2. The zero-order valence-corrected chi connectivity index (χ0v) is 21.7. The maximum atomic E-state index is 13.1. The molecule has 1 saturated heterocycles. The molecule has 2 aromatic rings. The topological polar surface area (TPSA) is 96.5 Å². The van der Waals surface area contributed by atoms with E-state index in [9.17, 15) is 9.59 Å². The van der Waals surface area contributed by atoms with Gasteiger partial charge in [-0.2, -0.15) is 0 Å². The molecule has 1 amide bonds. The molecule has 1 saturated carbocycles. The Morgan fingerprint density at radius 3 is 2.31 bits per heavy atom. The van der Waals surface area contributed by atoms with E-state index in [1.807, 2.05) is 25.2 Å². The lowest BCUT2D eigenvalue weighted by Crippen LogP contribution is -2.74. The van der Waals surface area contributed by atoms with Gasteiger partial charge in [-0.15, -0.1) is 0 Å². The van der Waals surface area contributed by atoms with Gasteiger partial charge >= 0.3 is 0 Å². The molecule has 2 heterocycles. The molecule has 8 nitrogen and oxygen atoms in total. The van der Waals surface area contributed by atoms with Crippen LogP contribution in [-0.2, 0) is 4.79 Å². The number of ether oxygens (including phenoxy) is 1. The second kappa shape index (κ2) is 9.64. The normalized spacial score (nSPS) is 23.2. The number of benzene rings is 1. The molecule has 35 heavy (non-hydrogen) atoms. The molecule has 0 bridgehead atoms. The van der Waals surface area contributed by atoms with E-state index in [-0.39, 0.29) is 34.8 Å². The van der Waals surface area contributed by atoms with Gasteiger partial charge < -0.3 is 25.1 Å². The first kappa shape index (κ1) is 25.2. The van der Waals surface area contributed by atoms with Crippen molar-refractivity contribution in [2.75, 3.05) is 30.4 Å². The van der Waals surface area contributed by atoms with Crippen LogP contribution in [0.25, 0.3) is 0 Å². The summed E-state index contributed by atoms with van der Waals surface area (Å²) in [6, 6.07) is 5.49. The Kier molecular flexibility index (Phi) is 6.95. The van der Waals surface area contributed by atoms with Crippen LogP contribution in [0.15, 0.2) is 30.6 Å². The van der Waals surface area contributed by atoms with Crippen LogP contribution in [0.2, 0.25) is 5.02 Å². The molecule has 0 atom stereocenters. The van der Waals surface area contributed by atoms with Gasteiger partial charge in [-0.25, -0.2) is 9.97 Å². The number of nitrogens with one attached hydrogen (secondary N) is 2. The Balaban J connectivity index is 1.40. The van der Waals surface area contributed by atoms with Crippen LogP contribution in [-0.4, -0.2) is 54.4 Å². The molecule has 2 N–H and O–H groups in total. The quantitative estimate of drug-likeness (QED) is 0.551. The zero-order valence-electron chi connectivity index (χ0n) is 21.0. The van der Waals surface area contributed by atoms with E-state index in [0.29, 0.717) is 22.3 Å². The fraction of sp³-hybridized carbons (Fsp3) is 0.538. The Morgan fingerprint density at radius 1 is 1.14 bits per heavy atom. The highest BCUT2D eigenvalue weighted by Crippen LogP contribution is 2.55. The fourth-order valence-corrected chi connectivity index (χ4v) is 6.02. The van der Waals surface area contributed by atoms with Gasteiger partial charge in [0.2, 0.25) is 5.95 Å². The summed E-state index contributed by atoms with van der Waals surface area (Å²) in [5, 5.41) is 6.83. The minimum Gasteiger partial charge on any atom is -0.489 e. The number of rotatable bonds is 7.